The summed E-state index contributed by atoms with van der Waals surface area (Å²) in [5.74, 6) is 1.79. The number of rotatable bonds is 6. The number of fused-ring (bicyclic) bond motifs is 1. The molecular formula is C21H19ClN4OS. The molecule has 1 fully saturated rings. The summed E-state index contributed by atoms with van der Waals surface area (Å²) in [5, 5.41) is 14.1. The van der Waals surface area contributed by atoms with E-state index in [4.69, 9.17) is 11.6 Å². The van der Waals surface area contributed by atoms with Crippen molar-refractivity contribution in [3.8, 4) is 11.8 Å². The molecule has 28 heavy (non-hydrogen) atoms. The molecule has 0 radical (unpaired) electrons. The third-order valence-corrected chi connectivity index (χ3v) is 5.82. The Hall–Kier alpha value is -2.49. The number of halogens is 1. The summed E-state index contributed by atoms with van der Waals surface area (Å²) in [6.45, 7) is 0.686. The van der Waals surface area contributed by atoms with E-state index in [0.717, 1.165) is 35.1 Å². The molecule has 2 aromatic carbocycles. The molecule has 1 N–H and O–H groups in total. The van der Waals surface area contributed by atoms with Crippen molar-refractivity contribution in [3.05, 3.63) is 63.0 Å². The first-order valence-corrected chi connectivity index (χ1v) is 10.9. The maximum Gasteiger partial charge on any atom is 0.354 e. The van der Waals surface area contributed by atoms with Gasteiger partial charge in [-0.2, -0.15) is 22.0 Å². The second-order valence-electron chi connectivity index (χ2n) is 6.79. The maximum atomic E-state index is 13.0. The monoisotopic (exact) mass is 410 g/mol. The van der Waals surface area contributed by atoms with Crippen molar-refractivity contribution < 1.29 is 0 Å². The number of para-hydroxylation sites is 1. The molecule has 0 saturated heterocycles. The van der Waals surface area contributed by atoms with E-state index in [0.29, 0.717) is 34.6 Å². The predicted octanol–water partition coefficient (Wildman–Crippen LogP) is 4.56. The van der Waals surface area contributed by atoms with Gasteiger partial charge in [-0.3, -0.25) is 4.57 Å². The van der Waals surface area contributed by atoms with Gasteiger partial charge in [0, 0.05) is 17.7 Å². The van der Waals surface area contributed by atoms with Gasteiger partial charge in [0.2, 0.25) is 0 Å². The van der Waals surface area contributed by atoms with Crippen LogP contribution in [0.2, 0.25) is 5.02 Å². The van der Waals surface area contributed by atoms with E-state index in [-0.39, 0.29) is 0 Å². The fraction of sp³-hybridized carbons (Fsp3) is 0.286. The lowest BCUT2D eigenvalue weighted by Crippen LogP contribution is -2.24. The smallest absolute Gasteiger partial charge is 0.354 e. The number of nitrogens with one attached hydrogen (secondary N) is 1. The number of hydrogen-bond donors (Lipinski definition) is 1. The molecule has 0 amide bonds. The van der Waals surface area contributed by atoms with E-state index in [9.17, 15) is 10.1 Å². The van der Waals surface area contributed by atoms with Gasteiger partial charge < -0.3 is 5.32 Å². The Kier molecular flexibility index (Phi) is 5.29. The molecule has 0 bridgehead atoms. The molecular weight excluding hydrogens is 392 g/mol. The third kappa shape index (κ3) is 3.48. The molecule has 1 aliphatic carbocycles. The lowest BCUT2D eigenvalue weighted by atomic mass is 10.0. The first-order valence-electron chi connectivity index (χ1n) is 9.12. The van der Waals surface area contributed by atoms with E-state index in [1.165, 1.54) is 0 Å². The summed E-state index contributed by atoms with van der Waals surface area (Å²) in [7, 11) is 0. The highest BCUT2D eigenvalue weighted by atomic mass is 35.5. The third-order valence-electron chi connectivity index (χ3n) is 4.89. The highest BCUT2D eigenvalue weighted by Crippen LogP contribution is 2.43. The molecule has 0 spiro atoms. The van der Waals surface area contributed by atoms with E-state index in [2.05, 4.69) is 16.4 Å². The molecule has 1 heterocycles. The van der Waals surface area contributed by atoms with E-state index in [1.807, 2.05) is 30.5 Å². The molecule has 0 atom stereocenters. The highest BCUT2D eigenvalue weighted by molar-refractivity contribution is 7.98. The molecule has 1 aromatic heterocycles. The van der Waals surface area contributed by atoms with E-state index < -0.39 is 5.69 Å². The number of benzene rings is 2. The average Bonchev–Trinajstić information content (AvgIpc) is 3.53. The molecule has 4 rings (SSSR count). The normalized spacial score (nSPS) is 13.5. The van der Waals surface area contributed by atoms with Crippen LogP contribution in [0.3, 0.4) is 0 Å². The Morgan fingerprint density at radius 2 is 2.14 bits per heavy atom. The minimum atomic E-state index is -0.390. The van der Waals surface area contributed by atoms with Crippen molar-refractivity contribution >= 4 is 40.1 Å². The lowest BCUT2D eigenvalue weighted by molar-refractivity contribution is 0.953. The van der Waals surface area contributed by atoms with Gasteiger partial charge in [0.1, 0.15) is 5.82 Å². The zero-order valence-electron chi connectivity index (χ0n) is 15.4. The summed E-state index contributed by atoms with van der Waals surface area (Å²) >= 11 is 8.10. The van der Waals surface area contributed by atoms with Crippen LogP contribution in [-0.4, -0.2) is 28.1 Å². The van der Waals surface area contributed by atoms with Crippen molar-refractivity contribution in [2.75, 3.05) is 23.9 Å². The van der Waals surface area contributed by atoms with Crippen LogP contribution in [0.15, 0.2) is 41.2 Å². The molecule has 5 nitrogen and oxygen atoms in total. The number of hydrogen-bond acceptors (Lipinski definition) is 5. The summed E-state index contributed by atoms with van der Waals surface area (Å²) in [6.07, 6.45) is 4.17. The first kappa shape index (κ1) is 18.9. The van der Waals surface area contributed by atoms with Crippen LogP contribution in [0.4, 0.5) is 5.82 Å². The van der Waals surface area contributed by atoms with Crippen molar-refractivity contribution in [1.29, 1.82) is 5.26 Å². The van der Waals surface area contributed by atoms with E-state index >= 15 is 0 Å². The Labute approximate surface area is 172 Å². The SMILES string of the molecule is CSCCNc1nc(=O)n(-c2ccccc2Cl)c2cc(C3CC3)c(C#N)cc12. The second-order valence-corrected chi connectivity index (χ2v) is 8.18. The van der Waals surface area contributed by atoms with Crippen LogP contribution in [0, 0.1) is 11.3 Å². The summed E-state index contributed by atoms with van der Waals surface area (Å²) in [4.78, 5) is 17.2. The number of nitrogens with zero attached hydrogens (tertiary/aromatic N) is 3. The summed E-state index contributed by atoms with van der Waals surface area (Å²) < 4.78 is 1.55. The van der Waals surface area contributed by atoms with Gasteiger partial charge in [0.15, 0.2) is 0 Å². The van der Waals surface area contributed by atoms with Crippen LogP contribution in [0.25, 0.3) is 16.6 Å². The molecule has 1 aliphatic rings. The summed E-state index contributed by atoms with van der Waals surface area (Å²) in [5.41, 5.74) is 2.57. The van der Waals surface area contributed by atoms with Gasteiger partial charge in [-0.15, -0.1) is 0 Å². The Bertz CT molecular complexity index is 1150. The van der Waals surface area contributed by atoms with Crippen molar-refractivity contribution in [1.82, 2.24) is 9.55 Å². The number of anilines is 1. The number of aromatic nitrogens is 2. The highest BCUT2D eigenvalue weighted by Gasteiger charge is 2.28. The van der Waals surface area contributed by atoms with Crippen molar-refractivity contribution in [2.45, 2.75) is 18.8 Å². The van der Waals surface area contributed by atoms with Crippen molar-refractivity contribution in [2.24, 2.45) is 0 Å². The Balaban J connectivity index is 2.01. The summed E-state index contributed by atoms with van der Waals surface area (Å²) in [6, 6.07) is 13.4. The topological polar surface area (TPSA) is 70.7 Å². The second kappa shape index (κ2) is 7.86. The standard InChI is InChI=1S/C21H19ClN4OS/c1-28-9-8-24-20-16-10-14(12-23)15(13-6-7-13)11-19(16)26(21(27)25-20)18-5-3-2-4-17(18)22/h2-5,10-11,13H,6-9H2,1H3,(H,24,25,27). The van der Waals surface area contributed by atoms with Gasteiger partial charge in [0.05, 0.1) is 27.9 Å². The molecule has 3 aromatic rings. The fourth-order valence-corrected chi connectivity index (χ4v) is 3.92. The van der Waals surface area contributed by atoms with Crippen molar-refractivity contribution in [3.63, 3.8) is 0 Å². The average molecular weight is 411 g/mol. The zero-order valence-corrected chi connectivity index (χ0v) is 17.0. The quantitative estimate of drug-likeness (QED) is 0.603. The van der Waals surface area contributed by atoms with Gasteiger partial charge >= 0.3 is 5.69 Å². The van der Waals surface area contributed by atoms with Gasteiger partial charge in [0.25, 0.3) is 0 Å². The van der Waals surface area contributed by atoms with Gasteiger partial charge in [-0.1, -0.05) is 23.7 Å². The molecule has 1 saturated carbocycles. The van der Waals surface area contributed by atoms with Crippen LogP contribution in [0.1, 0.15) is 29.9 Å². The van der Waals surface area contributed by atoms with E-state index in [1.54, 1.807) is 28.5 Å². The van der Waals surface area contributed by atoms with Crippen LogP contribution in [0.5, 0.6) is 0 Å². The van der Waals surface area contributed by atoms with Gasteiger partial charge in [-0.05, 0) is 54.8 Å². The Morgan fingerprint density at radius 1 is 1.36 bits per heavy atom. The largest absolute Gasteiger partial charge is 0.369 e. The molecule has 142 valence electrons. The zero-order chi connectivity index (χ0) is 19.7. The molecule has 0 unspecified atom stereocenters. The Morgan fingerprint density at radius 3 is 2.82 bits per heavy atom. The van der Waals surface area contributed by atoms with Crippen LogP contribution < -0.4 is 11.0 Å². The number of thioether (sulfide) groups is 1. The van der Waals surface area contributed by atoms with Crippen LogP contribution >= 0.6 is 23.4 Å². The molecule has 7 heteroatoms. The van der Waals surface area contributed by atoms with Gasteiger partial charge in [-0.25, -0.2) is 4.79 Å². The fourth-order valence-electron chi connectivity index (χ4n) is 3.39. The minimum Gasteiger partial charge on any atom is -0.369 e. The minimum absolute atomic E-state index is 0.384. The van der Waals surface area contributed by atoms with Crippen LogP contribution in [-0.2, 0) is 0 Å². The predicted molar refractivity (Wildman–Crippen MR) is 116 cm³/mol. The number of nitriles is 1. The lowest BCUT2D eigenvalue weighted by Gasteiger charge is -2.16. The first-order chi connectivity index (χ1) is 13.6. The maximum absolute atomic E-state index is 13.0. The molecule has 0 aliphatic heterocycles.